The summed E-state index contributed by atoms with van der Waals surface area (Å²) in [6, 6.07) is 9.66. The van der Waals surface area contributed by atoms with Crippen LogP contribution >= 0.6 is 15.9 Å². The molecule has 30 heavy (non-hydrogen) atoms. The van der Waals surface area contributed by atoms with E-state index in [0.717, 1.165) is 32.4 Å². The van der Waals surface area contributed by atoms with Crippen LogP contribution in [0.25, 0.3) is 0 Å². The number of nitrogens with one attached hydrogen (secondary N) is 1. The van der Waals surface area contributed by atoms with Crippen LogP contribution in [0.15, 0.2) is 34.8 Å². The summed E-state index contributed by atoms with van der Waals surface area (Å²) in [6.07, 6.45) is 0.0822. The SMILES string of the molecule is Cc1ccc(C)c(N2C[C@@H](C(=O)OCC(=O)Nc3cc(C)c(Br)cc3C)CC2=O)c1. The Morgan fingerprint density at radius 2 is 1.83 bits per heavy atom. The van der Waals surface area contributed by atoms with Gasteiger partial charge < -0.3 is 15.0 Å². The van der Waals surface area contributed by atoms with E-state index in [-0.39, 0.29) is 25.5 Å². The summed E-state index contributed by atoms with van der Waals surface area (Å²) in [6.45, 7) is 7.58. The van der Waals surface area contributed by atoms with Crippen LogP contribution < -0.4 is 10.2 Å². The standard InChI is InChI=1S/C23H25BrN2O4/c1-13-5-6-14(2)20(7-13)26-11-17(10-22(26)28)23(29)30-12-21(27)25-19-9-15(3)18(24)8-16(19)4/h5-9,17H,10-12H2,1-4H3,(H,25,27)/t17-/m0/s1. The first-order valence-corrected chi connectivity index (χ1v) is 10.6. The monoisotopic (exact) mass is 472 g/mol. The number of amides is 2. The number of ether oxygens (including phenoxy) is 1. The number of esters is 1. The normalized spacial score (nSPS) is 16.0. The second kappa shape index (κ2) is 9.00. The van der Waals surface area contributed by atoms with Gasteiger partial charge in [-0.05, 0) is 68.1 Å². The number of carbonyl (C=O) groups is 3. The van der Waals surface area contributed by atoms with Crippen molar-refractivity contribution in [1.82, 2.24) is 0 Å². The highest BCUT2D eigenvalue weighted by molar-refractivity contribution is 9.10. The molecule has 0 aliphatic carbocycles. The van der Waals surface area contributed by atoms with Crippen molar-refractivity contribution in [1.29, 1.82) is 0 Å². The van der Waals surface area contributed by atoms with Crippen LogP contribution in [0.1, 0.15) is 28.7 Å². The van der Waals surface area contributed by atoms with Crippen molar-refractivity contribution in [3.63, 3.8) is 0 Å². The molecule has 1 atom stereocenters. The first-order chi connectivity index (χ1) is 14.2. The summed E-state index contributed by atoms with van der Waals surface area (Å²) in [5.74, 6) is -1.64. The van der Waals surface area contributed by atoms with E-state index in [1.807, 2.05) is 58.0 Å². The number of carbonyl (C=O) groups excluding carboxylic acids is 3. The van der Waals surface area contributed by atoms with E-state index in [4.69, 9.17) is 4.74 Å². The molecule has 1 heterocycles. The van der Waals surface area contributed by atoms with Gasteiger partial charge in [-0.3, -0.25) is 14.4 Å². The Morgan fingerprint density at radius 1 is 1.10 bits per heavy atom. The zero-order chi connectivity index (χ0) is 22.0. The second-order valence-corrected chi connectivity index (χ2v) is 8.62. The van der Waals surface area contributed by atoms with Crippen LogP contribution in [-0.4, -0.2) is 30.9 Å². The number of hydrogen-bond acceptors (Lipinski definition) is 4. The van der Waals surface area contributed by atoms with Gasteiger partial charge in [0, 0.05) is 28.8 Å². The maximum Gasteiger partial charge on any atom is 0.311 e. The van der Waals surface area contributed by atoms with E-state index in [1.165, 1.54) is 0 Å². The Balaban J connectivity index is 1.58. The van der Waals surface area contributed by atoms with Gasteiger partial charge in [-0.1, -0.05) is 28.1 Å². The van der Waals surface area contributed by atoms with Crippen LogP contribution in [0.4, 0.5) is 11.4 Å². The van der Waals surface area contributed by atoms with Gasteiger partial charge >= 0.3 is 5.97 Å². The summed E-state index contributed by atoms with van der Waals surface area (Å²) >= 11 is 3.46. The Hall–Kier alpha value is -2.67. The van der Waals surface area contributed by atoms with Gasteiger partial charge in [-0.15, -0.1) is 0 Å². The average molecular weight is 473 g/mol. The van der Waals surface area contributed by atoms with Crippen LogP contribution in [0.3, 0.4) is 0 Å². The number of anilines is 2. The number of rotatable bonds is 5. The lowest BCUT2D eigenvalue weighted by Gasteiger charge is -2.19. The Bertz CT molecular complexity index is 1020. The highest BCUT2D eigenvalue weighted by Crippen LogP contribution is 2.29. The first-order valence-electron chi connectivity index (χ1n) is 9.76. The summed E-state index contributed by atoms with van der Waals surface area (Å²) in [5, 5.41) is 2.77. The number of aryl methyl sites for hydroxylation is 4. The highest BCUT2D eigenvalue weighted by atomic mass is 79.9. The molecule has 2 amide bonds. The van der Waals surface area contributed by atoms with Gasteiger partial charge in [0.25, 0.3) is 5.91 Å². The minimum absolute atomic E-state index is 0.0822. The smallest absolute Gasteiger partial charge is 0.311 e. The molecule has 1 fully saturated rings. The molecule has 7 heteroatoms. The zero-order valence-corrected chi connectivity index (χ0v) is 19.1. The molecular formula is C23H25BrN2O4. The second-order valence-electron chi connectivity index (χ2n) is 7.77. The summed E-state index contributed by atoms with van der Waals surface area (Å²) < 4.78 is 6.16. The van der Waals surface area contributed by atoms with Gasteiger partial charge in [0.05, 0.1) is 5.92 Å². The molecule has 0 unspecified atom stereocenters. The van der Waals surface area contributed by atoms with E-state index in [2.05, 4.69) is 21.2 Å². The number of nitrogens with zero attached hydrogens (tertiary/aromatic N) is 1. The molecule has 158 valence electrons. The van der Waals surface area contributed by atoms with Gasteiger partial charge in [0.1, 0.15) is 0 Å². The van der Waals surface area contributed by atoms with Crippen LogP contribution in [0.2, 0.25) is 0 Å². The van der Waals surface area contributed by atoms with E-state index in [1.54, 1.807) is 4.90 Å². The molecule has 1 aliphatic heterocycles. The molecular weight excluding hydrogens is 448 g/mol. The van der Waals surface area contributed by atoms with Crippen molar-refractivity contribution < 1.29 is 19.1 Å². The van der Waals surface area contributed by atoms with Crippen molar-refractivity contribution in [2.45, 2.75) is 34.1 Å². The Morgan fingerprint density at radius 3 is 2.57 bits per heavy atom. The van der Waals surface area contributed by atoms with Gasteiger partial charge in [-0.2, -0.15) is 0 Å². The molecule has 0 bridgehead atoms. The first kappa shape index (κ1) is 22.0. The Kier molecular flexibility index (Phi) is 6.61. The average Bonchev–Trinajstić information content (AvgIpc) is 3.07. The third-order valence-corrected chi connectivity index (χ3v) is 6.09. The largest absolute Gasteiger partial charge is 0.455 e. The molecule has 2 aromatic rings. The Labute approximate surface area is 184 Å². The minimum atomic E-state index is -0.582. The molecule has 1 N–H and O–H groups in total. The lowest BCUT2D eigenvalue weighted by atomic mass is 10.1. The lowest BCUT2D eigenvalue weighted by Crippen LogP contribution is -2.28. The lowest BCUT2D eigenvalue weighted by molar-refractivity contribution is -0.151. The van der Waals surface area contributed by atoms with Gasteiger partial charge in [0.15, 0.2) is 6.61 Å². The summed E-state index contributed by atoms with van der Waals surface area (Å²) in [4.78, 5) is 38.8. The summed E-state index contributed by atoms with van der Waals surface area (Å²) in [5.41, 5.74) is 5.40. The van der Waals surface area contributed by atoms with Gasteiger partial charge in [0.2, 0.25) is 5.91 Å². The van der Waals surface area contributed by atoms with Gasteiger partial charge in [-0.25, -0.2) is 0 Å². The molecule has 0 spiro atoms. The molecule has 3 rings (SSSR count). The van der Waals surface area contributed by atoms with E-state index in [0.29, 0.717) is 5.69 Å². The summed E-state index contributed by atoms with van der Waals surface area (Å²) in [7, 11) is 0. The van der Waals surface area contributed by atoms with Crippen molar-refractivity contribution in [3.05, 3.63) is 57.1 Å². The van der Waals surface area contributed by atoms with Crippen molar-refractivity contribution >= 4 is 45.1 Å². The van der Waals surface area contributed by atoms with Crippen molar-refractivity contribution in [3.8, 4) is 0 Å². The fourth-order valence-corrected chi connectivity index (χ4v) is 3.92. The van der Waals surface area contributed by atoms with E-state index >= 15 is 0 Å². The fraction of sp³-hybridized carbons (Fsp3) is 0.348. The van der Waals surface area contributed by atoms with Crippen molar-refractivity contribution in [2.75, 3.05) is 23.4 Å². The number of hydrogen-bond donors (Lipinski definition) is 1. The molecule has 1 saturated heterocycles. The number of benzene rings is 2. The number of halogens is 1. The topological polar surface area (TPSA) is 75.7 Å². The predicted octanol–water partition coefficient (Wildman–Crippen LogP) is 4.22. The molecule has 6 nitrogen and oxygen atoms in total. The van der Waals surface area contributed by atoms with E-state index < -0.39 is 17.8 Å². The fourth-order valence-electron chi connectivity index (χ4n) is 3.46. The molecule has 2 aromatic carbocycles. The van der Waals surface area contributed by atoms with Crippen LogP contribution in [0, 0.1) is 33.6 Å². The maximum absolute atomic E-state index is 12.5. The van der Waals surface area contributed by atoms with E-state index in [9.17, 15) is 14.4 Å². The highest BCUT2D eigenvalue weighted by Gasteiger charge is 2.36. The van der Waals surface area contributed by atoms with Crippen molar-refractivity contribution in [2.24, 2.45) is 5.92 Å². The van der Waals surface area contributed by atoms with Crippen LogP contribution in [-0.2, 0) is 19.1 Å². The maximum atomic E-state index is 12.5. The minimum Gasteiger partial charge on any atom is -0.455 e. The quantitative estimate of drug-likeness (QED) is 0.660. The molecule has 0 radical (unpaired) electrons. The molecule has 1 aliphatic rings. The third kappa shape index (κ3) is 4.90. The van der Waals surface area contributed by atoms with Crippen LogP contribution in [0.5, 0.6) is 0 Å². The zero-order valence-electron chi connectivity index (χ0n) is 17.5. The molecule has 0 aromatic heterocycles. The molecule has 0 saturated carbocycles. The predicted molar refractivity (Wildman–Crippen MR) is 120 cm³/mol. The third-order valence-electron chi connectivity index (χ3n) is 5.24.